The van der Waals surface area contributed by atoms with E-state index in [1.54, 1.807) is 0 Å². The van der Waals surface area contributed by atoms with E-state index < -0.39 is 15.1 Å². The Hall–Kier alpha value is -0.930. The molecule has 72 valence electrons. The summed E-state index contributed by atoms with van der Waals surface area (Å²) >= 11 is 0. The zero-order chi connectivity index (χ0) is 9.73. The number of isocyanates is 1. The standard InChI is InChI=1S/C8H11NO3S/c10-7-9-5-4-8-3-1-2-6-13(8,11)12/h4-5,8H,1-3,6H2/b5-4-. The lowest BCUT2D eigenvalue weighted by Gasteiger charge is -2.18. The van der Waals surface area contributed by atoms with Gasteiger partial charge in [-0.1, -0.05) is 6.42 Å². The Morgan fingerprint density at radius 3 is 2.77 bits per heavy atom. The minimum absolute atomic E-state index is 0.243. The van der Waals surface area contributed by atoms with E-state index in [-0.39, 0.29) is 5.75 Å². The highest BCUT2D eigenvalue weighted by molar-refractivity contribution is 7.92. The van der Waals surface area contributed by atoms with Crippen molar-refractivity contribution in [3.8, 4) is 0 Å². The first-order valence-electron chi connectivity index (χ1n) is 4.12. The van der Waals surface area contributed by atoms with E-state index in [9.17, 15) is 13.2 Å². The summed E-state index contributed by atoms with van der Waals surface area (Å²) in [6.07, 6.45) is 6.28. The third-order valence-corrected chi connectivity index (χ3v) is 4.23. The fraction of sp³-hybridized carbons (Fsp3) is 0.625. The van der Waals surface area contributed by atoms with Crippen LogP contribution >= 0.6 is 0 Å². The molecule has 0 N–H and O–H groups in total. The summed E-state index contributed by atoms with van der Waals surface area (Å²) in [4.78, 5) is 12.9. The van der Waals surface area contributed by atoms with Crippen LogP contribution in [0.15, 0.2) is 17.3 Å². The quantitative estimate of drug-likeness (QED) is 0.490. The maximum Gasteiger partial charge on any atom is 0.239 e. The van der Waals surface area contributed by atoms with Crippen molar-refractivity contribution in [3.05, 3.63) is 12.3 Å². The fourth-order valence-corrected chi connectivity index (χ4v) is 3.11. The molecule has 0 aliphatic carbocycles. The van der Waals surface area contributed by atoms with Crippen LogP contribution in [0.5, 0.6) is 0 Å². The van der Waals surface area contributed by atoms with Crippen molar-refractivity contribution in [2.45, 2.75) is 24.5 Å². The molecular weight excluding hydrogens is 190 g/mol. The highest BCUT2D eigenvalue weighted by Gasteiger charge is 2.26. The molecule has 0 aromatic heterocycles. The maximum absolute atomic E-state index is 11.4. The van der Waals surface area contributed by atoms with E-state index in [4.69, 9.17) is 0 Å². The Bertz CT molecular complexity index is 338. The molecule has 1 rings (SSSR count). The van der Waals surface area contributed by atoms with Gasteiger partial charge in [0.25, 0.3) is 0 Å². The van der Waals surface area contributed by atoms with Gasteiger partial charge in [0.1, 0.15) is 0 Å². The molecule has 1 atom stereocenters. The first kappa shape index (κ1) is 10.2. The molecule has 0 bridgehead atoms. The van der Waals surface area contributed by atoms with Crippen LogP contribution in [-0.4, -0.2) is 25.5 Å². The van der Waals surface area contributed by atoms with Crippen molar-refractivity contribution in [3.63, 3.8) is 0 Å². The summed E-state index contributed by atoms with van der Waals surface area (Å²) in [5.74, 6) is 0.243. The van der Waals surface area contributed by atoms with Crippen LogP contribution in [0, 0.1) is 0 Å². The largest absolute Gasteiger partial charge is 0.239 e. The molecule has 0 amide bonds. The fourth-order valence-electron chi connectivity index (χ4n) is 1.37. The summed E-state index contributed by atoms with van der Waals surface area (Å²) in [5.41, 5.74) is 0. The Morgan fingerprint density at radius 1 is 1.38 bits per heavy atom. The second-order valence-corrected chi connectivity index (χ2v) is 5.30. The Balaban J connectivity index is 2.72. The lowest BCUT2D eigenvalue weighted by Crippen LogP contribution is -2.26. The van der Waals surface area contributed by atoms with Gasteiger partial charge < -0.3 is 0 Å². The van der Waals surface area contributed by atoms with E-state index >= 15 is 0 Å². The minimum atomic E-state index is -2.98. The van der Waals surface area contributed by atoms with Gasteiger partial charge in [0, 0.05) is 6.20 Å². The Kier molecular flexibility index (Phi) is 3.39. The number of hydrogen-bond acceptors (Lipinski definition) is 4. The third-order valence-electron chi connectivity index (χ3n) is 2.06. The van der Waals surface area contributed by atoms with Gasteiger partial charge >= 0.3 is 0 Å². The van der Waals surface area contributed by atoms with E-state index in [0.717, 1.165) is 12.8 Å². The molecule has 1 fully saturated rings. The molecule has 0 aromatic carbocycles. The third kappa shape index (κ3) is 2.79. The van der Waals surface area contributed by atoms with Gasteiger partial charge in [0.15, 0.2) is 9.84 Å². The zero-order valence-corrected chi connectivity index (χ0v) is 7.96. The van der Waals surface area contributed by atoms with Gasteiger partial charge in [-0.2, -0.15) is 4.99 Å². The van der Waals surface area contributed by atoms with Crippen LogP contribution in [0.25, 0.3) is 0 Å². The van der Waals surface area contributed by atoms with E-state index in [1.807, 2.05) is 0 Å². The maximum atomic E-state index is 11.4. The van der Waals surface area contributed by atoms with Crippen molar-refractivity contribution in [1.29, 1.82) is 0 Å². The molecule has 1 aliphatic rings. The Morgan fingerprint density at radius 2 is 2.15 bits per heavy atom. The molecule has 0 radical (unpaired) electrons. The van der Waals surface area contributed by atoms with Crippen molar-refractivity contribution in [2.24, 2.45) is 4.99 Å². The molecular formula is C8H11NO3S. The first-order chi connectivity index (χ1) is 6.17. The molecule has 4 nitrogen and oxygen atoms in total. The molecule has 5 heteroatoms. The number of hydrogen-bond donors (Lipinski definition) is 0. The van der Waals surface area contributed by atoms with E-state index in [2.05, 4.69) is 4.99 Å². The lowest BCUT2D eigenvalue weighted by atomic mass is 10.2. The molecule has 0 aromatic rings. The average molecular weight is 201 g/mol. The monoisotopic (exact) mass is 201 g/mol. The average Bonchev–Trinajstić information content (AvgIpc) is 2.08. The van der Waals surface area contributed by atoms with Crippen LogP contribution in [0.1, 0.15) is 19.3 Å². The lowest BCUT2D eigenvalue weighted by molar-refractivity contribution is 0.558. The van der Waals surface area contributed by atoms with E-state index in [0.29, 0.717) is 6.42 Å². The van der Waals surface area contributed by atoms with Crippen molar-refractivity contribution in [1.82, 2.24) is 0 Å². The number of aliphatic imine (C=N–C) groups is 1. The molecule has 1 heterocycles. The first-order valence-corrected chi connectivity index (χ1v) is 5.83. The highest BCUT2D eigenvalue weighted by atomic mass is 32.2. The predicted octanol–water partition coefficient (Wildman–Crippen LogP) is 0.803. The normalized spacial score (nSPS) is 26.9. The second kappa shape index (κ2) is 4.35. The number of nitrogens with zero attached hydrogens (tertiary/aromatic N) is 1. The van der Waals surface area contributed by atoms with Crippen molar-refractivity contribution < 1.29 is 13.2 Å². The van der Waals surface area contributed by atoms with Crippen LogP contribution in [0.4, 0.5) is 0 Å². The van der Waals surface area contributed by atoms with Gasteiger partial charge in [-0.15, -0.1) is 0 Å². The predicted molar refractivity (Wildman–Crippen MR) is 48.7 cm³/mol. The molecule has 0 saturated carbocycles. The smallest absolute Gasteiger partial charge is 0.228 e. The summed E-state index contributed by atoms with van der Waals surface area (Å²) < 4.78 is 22.8. The second-order valence-electron chi connectivity index (χ2n) is 2.96. The minimum Gasteiger partial charge on any atom is -0.228 e. The van der Waals surface area contributed by atoms with Gasteiger partial charge in [-0.05, 0) is 18.9 Å². The number of carbonyl (C=O) groups excluding carboxylic acids is 1. The topological polar surface area (TPSA) is 63.6 Å². The van der Waals surface area contributed by atoms with Crippen LogP contribution in [-0.2, 0) is 14.6 Å². The molecule has 13 heavy (non-hydrogen) atoms. The molecule has 1 saturated heterocycles. The van der Waals surface area contributed by atoms with Crippen LogP contribution < -0.4 is 0 Å². The number of sulfone groups is 1. The van der Waals surface area contributed by atoms with Crippen LogP contribution in [0.2, 0.25) is 0 Å². The van der Waals surface area contributed by atoms with Crippen molar-refractivity contribution in [2.75, 3.05) is 5.75 Å². The SMILES string of the molecule is O=C=N/C=C\C1CCCCS1(=O)=O. The summed E-state index contributed by atoms with van der Waals surface area (Å²) in [7, 11) is -2.98. The number of rotatable bonds is 2. The van der Waals surface area contributed by atoms with Gasteiger partial charge in [-0.25, -0.2) is 13.2 Å². The summed E-state index contributed by atoms with van der Waals surface area (Å²) in [6.45, 7) is 0. The Labute approximate surface area is 77.3 Å². The molecule has 1 aliphatic heterocycles. The highest BCUT2D eigenvalue weighted by Crippen LogP contribution is 2.20. The summed E-state index contributed by atoms with van der Waals surface area (Å²) in [5, 5.41) is -0.460. The summed E-state index contributed by atoms with van der Waals surface area (Å²) in [6, 6.07) is 0. The van der Waals surface area contributed by atoms with Crippen molar-refractivity contribution >= 4 is 15.9 Å². The molecule has 1 unspecified atom stereocenters. The van der Waals surface area contributed by atoms with Crippen LogP contribution in [0.3, 0.4) is 0 Å². The molecule has 0 spiro atoms. The zero-order valence-electron chi connectivity index (χ0n) is 7.14. The van der Waals surface area contributed by atoms with Gasteiger partial charge in [0.2, 0.25) is 6.08 Å². The van der Waals surface area contributed by atoms with Gasteiger partial charge in [0.05, 0.1) is 11.0 Å². The van der Waals surface area contributed by atoms with E-state index in [1.165, 1.54) is 18.4 Å². The van der Waals surface area contributed by atoms with Gasteiger partial charge in [-0.3, -0.25) is 0 Å².